The second-order valence-corrected chi connectivity index (χ2v) is 8.67. The van der Waals surface area contributed by atoms with Crippen molar-refractivity contribution >= 4 is 23.6 Å². The normalized spacial score (nSPS) is 11.1. The van der Waals surface area contributed by atoms with Crippen molar-refractivity contribution in [2.75, 3.05) is 13.1 Å². The molecule has 0 bridgehead atoms. The fraction of sp³-hybridized carbons (Fsp3) is 0.435. The first-order valence-corrected chi connectivity index (χ1v) is 10.7. The van der Waals surface area contributed by atoms with Crippen molar-refractivity contribution in [1.82, 2.24) is 15.2 Å². The number of carbonyl (C=O) groups is 2. The van der Waals surface area contributed by atoms with E-state index in [1.54, 1.807) is 24.4 Å². The van der Waals surface area contributed by atoms with Crippen LogP contribution in [0, 0.1) is 0 Å². The number of aromatic nitrogens is 1. The summed E-state index contributed by atoms with van der Waals surface area (Å²) < 4.78 is 6.65. The van der Waals surface area contributed by atoms with E-state index in [-0.39, 0.29) is 11.1 Å². The minimum absolute atomic E-state index is 0.108. The molecule has 2 amide bonds. The second-order valence-electron chi connectivity index (χ2n) is 8.23. The number of benzene rings is 1. The Kier molecular flexibility index (Phi) is 9.12. The maximum Gasteiger partial charge on any atom is 0.407 e. The number of unbranched alkanes of at least 4 members (excludes halogenated alkanes) is 2. The number of nitrogens with one attached hydrogen (secondary N) is 2. The molecular weight excluding hydrogens is 418 g/mol. The van der Waals surface area contributed by atoms with Crippen LogP contribution in [0.1, 0.15) is 56.0 Å². The maximum atomic E-state index is 12.7. The monoisotopic (exact) mass is 447 g/mol. The molecule has 31 heavy (non-hydrogen) atoms. The molecule has 0 spiro atoms. The van der Waals surface area contributed by atoms with Gasteiger partial charge in [-0.1, -0.05) is 23.7 Å². The third-order valence-corrected chi connectivity index (χ3v) is 4.55. The van der Waals surface area contributed by atoms with Crippen molar-refractivity contribution in [3.05, 3.63) is 69.1 Å². The molecule has 2 aromatic rings. The SMILES string of the molecule is CC(C)(C)OC(=O)NCCCCCNC(=O)c1cccn(Cc2cccc(Cl)c2)c1=O. The Labute approximate surface area is 187 Å². The van der Waals surface area contributed by atoms with Gasteiger partial charge in [0.05, 0.1) is 6.54 Å². The molecule has 0 fully saturated rings. The molecule has 7 nitrogen and oxygen atoms in total. The second kappa shape index (κ2) is 11.6. The van der Waals surface area contributed by atoms with Gasteiger partial charge in [-0.3, -0.25) is 9.59 Å². The summed E-state index contributed by atoms with van der Waals surface area (Å²) in [6.07, 6.45) is 3.55. The summed E-state index contributed by atoms with van der Waals surface area (Å²) in [7, 11) is 0. The van der Waals surface area contributed by atoms with Crippen molar-refractivity contribution in [3.63, 3.8) is 0 Å². The molecule has 0 aliphatic carbocycles. The van der Waals surface area contributed by atoms with Gasteiger partial charge in [0.15, 0.2) is 0 Å². The van der Waals surface area contributed by atoms with E-state index in [0.29, 0.717) is 24.7 Å². The van der Waals surface area contributed by atoms with E-state index in [0.717, 1.165) is 24.8 Å². The van der Waals surface area contributed by atoms with Crippen LogP contribution in [0.2, 0.25) is 5.02 Å². The fourth-order valence-electron chi connectivity index (χ4n) is 2.89. The lowest BCUT2D eigenvalue weighted by Gasteiger charge is -2.19. The molecule has 0 saturated carbocycles. The third-order valence-electron chi connectivity index (χ3n) is 4.31. The summed E-state index contributed by atoms with van der Waals surface area (Å²) in [5, 5.41) is 6.08. The molecule has 168 valence electrons. The largest absolute Gasteiger partial charge is 0.444 e. The van der Waals surface area contributed by atoms with Gasteiger partial charge in [0.25, 0.3) is 11.5 Å². The van der Waals surface area contributed by atoms with Gasteiger partial charge in [-0.05, 0) is 69.9 Å². The van der Waals surface area contributed by atoms with Crippen LogP contribution < -0.4 is 16.2 Å². The molecule has 1 aromatic carbocycles. The third kappa shape index (κ3) is 8.84. The van der Waals surface area contributed by atoms with Crippen LogP contribution in [0.15, 0.2) is 47.4 Å². The quantitative estimate of drug-likeness (QED) is 0.569. The van der Waals surface area contributed by atoms with E-state index in [9.17, 15) is 14.4 Å². The fourth-order valence-corrected chi connectivity index (χ4v) is 3.11. The standard InChI is InChI=1S/C23H30ClN3O4/c1-23(2,3)31-22(30)26-13-6-4-5-12-25-20(28)19-11-8-14-27(21(19)29)16-17-9-7-10-18(24)15-17/h7-11,14-15H,4-6,12-13,16H2,1-3H3,(H,25,28)(H,26,30). The number of nitrogens with zero attached hydrogens (tertiary/aromatic N) is 1. The van der Waals surface area contributed by atoms with Crippen LogP contribution in [0.5, 0.6) is 0 Å². The van der Waals surface area contributed by atoms with Gasteiger partial charge in [-0.25, -0.2) is 4.79 Å². The Morgan fingerprint density at radius 1 is 1.03 bits per heavy atom. The molecular formula is C23H30ClN3O4. The van der Waals surface area contributed by atoms with Crippen molar-refractivity contribution in [2.24, 2.45) is 0 Å². The number of pyridine rings is 1. The van der Waals surface area contributed by atoms with Crippen LogP contribution in [-0.4, -0.2) is 35.3 Å². The smallest absolute Gasteiger partial charge is 0.407 e. The number of hydrogen-bond donors (Lipinski definition) is 2. The topological polar surface area (TPSA) is 89.4 Å². The number of rotatable bonds is 9. The predicted octanol–water partition coefficient (Wildman–Crippen LogP) is 3.97. The minimum atomic E-state index is -0.515. The summed E-state index contributed by atoms with van der Waals surface area (Å²) >= 11 is 6.00. The minimum Gasteiger partial charge on any atom is -0.444 e. The number of halogens is 1. The van der Waals surface area contributed by atoms with Gasteiger partial charge < -0.3 is 19.9 Å². The van der Waals surface area contributed by atoms with Crippen LogP contribution in [0.3, 0.4) is 0 Å². The van der Waals surface area contributed by atoms with Crippen LogP contribution >= 0.6 is 11.6 Å². The Hall–Kier alpha value is -2.80. The Balaban J connectivity index is 1.75. The zero-order chi connectivity index (χ0) is 22.9. The molecule has 1 aromatic heterocycles. The van der Waals surface area contributed by atoms with E-state index >= 15 is 0 Å². The molecule has 0 radical (unpaired) electrons. The maximum absolute atomic E-state index is 12.7. The average Bonchev–Trinajstić information content (AvgIpc) is 2.67. The van der Waals surface area contributed by atoms with E-state index < -0.39 is 17.6 Å². The number of hydrogen-bond acceptors (Lipinski definition) is 4. The highest BCUT2D eigenvalue weighted by Gasteiger charge is 2.15. The van der Waals surface area contributed by atoms with Crippen LogP contribution in [0.25, 0.3) is 0 Å². The molecule has 2 rings (SSSR count). The number of carbonyl (C=O) groups excluding carboxylic acids is 2. The molecule has 0 saturated heterocycles. The Bertz CT molecular complexity index is 950. The summed E-state index contributed by atoms with van der Waals surface area (Å²) in [4.78, 5) is 36.6. The molecule has 0 aliphatic heterocycles. The van der Waals surface area contributed by atoms with E-state index in [2.05, 4.69) is 10.6 Å². The lowest BCUT2D eigenvalue weighted by molar-refractivity contribution is 0.0527. The van der Waals surface area contributed by atoms with Crippen molar-refractivity contribution in [2.45, 2.75) is 52.2 Å². The first kappa shape index (κ1) is 24.5. The lowest BCUT2D eigenvalue weighted by atomic mass is 10.2. The number of amides is 2. The van der Waals surface area contributed by atoms with Gasteiger partial charge in [-0.15, -0.1) is 0 Å². The van der Waals surface area contributed by atoms with Crippen LogP contribution in [-0.2, 0) is 11.3 Å². The van der Waals surface area contributed by atoms with Gasteiger partial charge in [-0.2, -0.15) is 0 Å². The number of ether oxygens (including phenoxy) is 1. The molecule has 0 aliphatic rings. The average molecular weight is 448 g/mol. The highest BCUT2D eigenvalue weighted by molar-refractivity contribution is 6.30. The molecule has 2 N–H and O–H groups in total. The van der Waals surface area contributed by atoms with Gasteiger partial charge in [0.1, 0.15) is 11.2 Å². The highest BCUT2D eigenvalue weighted by atomic mass is 35.5. The zero-order valence-electron chi connectivity index (χ0n) is 18.2. The van der Waals surface area contributed by atoms with E-state index in [1.807, 2.05) is 32.9 Å². The van der Waals surface area contributed by atoms with Crippen LogP contribution in [0.4, 0.5) is 4.79 Å². The summed E-state index contributed by atoms with van der Waals surface area (Å²) in [6, 6.07) is 10.5. The zero-order valence-corrected chi connectivity index (χ0v) is 19.0. The molecule has 8 heteroatoms. The molecule has 0 atom stereocenters. The van der Waals surface area contributed by atoms with Gasteiger partial charge in [0, 0.05) is 24.3 Å². The Morgan fingerprint density at radius 3 is 2.42 bits per heavy atom. The molecule has 1 heterocycles. The van der Waals surface area contributed by atoms with E-state index in [1.165, 1.54) is 10.6 Å². The summed E-state index contributed by atoms with van der Waals surface area (Å²) in [6.45, 7) is 6.74. The highest BCUT2D eigenvalue weighted by Crippen LogP contribution is 2.11. The van der Waals surface area contributed by atoms with Gasteiger partial charge in [0.2, 0.25) is 0 Å². The van der Waals surface area contributed by atoms with Crippen molar-refractivity contribution < 1.29 is 14.3 Å². The van der Waals surface area contributed by atoms with Gasteiger partial charge >= 0.3 is 6.09 Å². The molecule has 0 unspecified atom stereocenters. The van der Waals surface area contributed by atoms with E-state index in [4.69, 9.17) is 16.3 Å². The summed E-state index contributed by atoms with van der Waals surface area (Å²) in [5.74, 6) is -0.391. The predicted molar refractivity (Wildman–Crippen MR) is 122 cm³/mol. The Morgan fingerprint density at radius 2 is 1.74 bits per heavy atom. The summed E-state index contributed by atoms with van der Waals surface area (Å²) in [5.41, 5.74) is 0.128. The number of alkyl carbamates (subject to hydrolysis) is 1. The van der Waals surface area contributed by atoms with Crippen molar-refractivity contribution in [3.8, 4) is 0 Å². The first-order chi connectivity index (χ1) is 14.7. The first-order valence-electron chi connectivity index (χ1n) is 10.3. The lowest BCUT2D eigenvalue weighted by Crippen LogP contribution is -2.33. The van der Waals surface area contributed by atoms with Crippen molar-refractivity contribution in [1.29, 1.82) is 0 Å².